The monoisotopic (exact) mass is 404 g/mol. The predicted octanol–water partition coefficient (Wildman–Crippen LogP) is 7.38. The summed E-state index contributed by atoms with van der Waals surface area (Å²) in [5.74, 6) is 0.800. The fraction of sp³-hybridized carbons (Fsp3) is 0.111. The number of aryl methyl sites for hydroxylation is 3. The zero-order chi connectivity index (χ0) is 21.1. The maximum atomic E-state index is 6.23. The van der Waals surface area contributed by atoms with Gasteiger partial charge in [-0.1, -0.05) is 30.3 Å². The summed E-state index contributed by atoms with van der Waals surface area (Å²) in [6, 6.07) is 22.5. The van der Waals surface area contributed by atoms with Crippen LogP contribution in [0.2, 0.25) is 0 Å². The number of benzene rings is 2. The third-order valence-electron chi connectivity index (χ3n) is 5.89. The molecule has 0 amide bonds. The third-order valence-corrected chi connectivity index (χ3v) is 5.89. The summed E-state index contributed by atoms with van der Waals surface area (Å²) < 4.78 is 12.4. The number of pyridine rings is 2. The van der Waals surface area contributed by atoms with Gasteiger partial charge in [0.2, 0.25) is 5.71 Å². The predicted molar refractivity (Wildman–Crippen MR) is 124 cm³/mol. The van der Waals surface area contributed by atoms with Crippen molar-refractivity contribution in [1.29, 1.82) is 0 Å². The first kappa shape index (κ1) is 17.9. The van der Waals surface area contributed by atoms with Crippen molar-refractivity contribution in [3.63, 3.8) is 0 Å². The lowest BCUT2D eigenvalue weighted by Crippen LogP contribution is -1.87. The van der Waals surface area contributed by atoms with Crippen molar-refractivity contribution in [2.75, 3.05) is 0 Å². The molecule has 0 aliphatic rings. The average Bonchev–Trinajstić information content (AvgIpc) is 3.35. The van der Waals surface area contributed by atoms with Crippen LogP contribution in [0, 0.1) is 20.8 Å². The van der Waals surface area contributed by atoms with E-state index in [9.17, 15) is 0 Å². The van der Waals surface area contributed by atoms with Crippen LogP contribution in [0.15, 0.2) is 75.6 Å². The van der Waals surface area contributed by atoms with Gasteiger partial charge in [0.15, 0.2) is 5.58 Å². The second-order valence-electron chi connectivity index (χ2n) is 8.03. The van der Waals surface area contributed by atoms with Gasteiger partial charge in [0.25, 0.3) is 0 Å². The highest BCUT2D eigenvalue weighted by Gasteiger charge is 2.19. The van der Waals surface area contributed by atoms with E-state index in [0.29, 0.717) is 5.71 Å². The first-order chi connectivity index (χ1) is 15.1. The number of nitrogens with zero attached hydrogens (tertiary/aromatic N) is 2. The zero-order valence-corrected chi connectivity index (χ0v) is 17.6. The Morgan fingerprint density at radius 1 is 0.742 bits per heavy atom. The van der Waals surface area contributed by atoms with E-state index in [0.717, 1.165) is 66.9 Å². The SMILES string of the molecule is Cc1ccc2c(n1)oc1c(C)c(-c3cc4nc(-c5ccccc5)ccc4o3)c(C)cc12. The van der Waals surface area contributed by atoms with Crippen LogP contribution < -0.4 is 0 Å². The molecular formula is C27H20N2O2. The van der Waals surface area contributed by atoms with Crippen molar-refractivity contribution in [2.24, 2.45) is 0 Å². The molecule has 0 radical (unpaired) electrons. The van der Waals surface area contributed by atoms with E-state index in [2.05, 4.69) is 43.1 Å². The maximum absolute atomic E-state index is 6.23. The molecule has 4 aromatic heterocycles. The second-order valence-corrected chi connectivity index (χ2v) is 8.03. The molecular weight excluding hydrogens is 384 g/mol. The average molecular weight is 404 g/mol. The Bertz CT molecular complexity index is 1610. The Kier molecular flexibility index (Phi) is 3.78. The van der Waals surface area contributed by atoms with E-state index in [4.69, 9.17) is 13.8 Å². The van der Waals surface area contributed by atoms with Crippen molar-refractivity contribution in [3.05, 3.63) is 83.6 Å². The number of hydrogen-bond acceptors (Lipinski definition) is 4. The van der Waals surface area contributed by atoms with E-state index in [1.807, 2.05) is 49.4 Å². The van der Waals surface area contributed by atoms with Gasteiger partial charge in [-0.15, -0.1) is 0 Å². The lowest BCUT2D eigenvalue weighted by atomic mass is 9.97. The molecule has 0 fully saturated rings. The smallest absolute Gasteiger partial charge is 0.227 e. The molecule has 31 heavy (non-hydrogen) atoms. The van der Waals surface area contributed by atoms with E-state index >= 15 is 0 Å². The van der Waals surface area contributed by atoms with E-state index in [1.54, 1.807) is 0 Å². The Morgan fingerprint density at radius 2 is 1.58 bits per heavy atom. The van der Waals surface area contributed by atoms with Gasteiger partial charge in [-0.25, -0.2) is 9.97 Å². The van der Waals surface area contributed by atoms with Crippen LogP contribution >= 0.6 is 0 Å². The fourth-order valence-corrected chi connectivity index (χ4v) is 4.41. The molecule has 150 valence electrons. The van der Waals surface area contributed by atoms with E-state index < -0.39 is 0 Å². The van der Waals surface area contributed by atoms with Crippen molar-refractivity contribution < 1.29 is 8.83 Å². The van der Waals surface area contributed by atoms with Crippen LogP contribution in [-0.2, 0) is 0 Å². The van der Waals surface area contributed by atoms with E-state index in [1.165, 1.54) is 0 Å². The molecule has 6 rings (SSSR count). The van der Waals surface area contributed by atoms with Gasteiger partial charge in [0.1, 0.15) is 16.9 Å². The minimum Gasteiger partial charge on any atom is -0.454 e. The molecule has 4 heteroatoms. The topological polar surface area (TPSA) is 52.1 Å². The lowest BCUT2D eigenvalue weighted by Gasteiger charge is -2.07. The van der Waals surface area contributed by atoms with Gasteiger partial charge >= 0.3 is 0 Å². The molecule has 0 unspecified atom stereocenters. The highest BCUT2D eigenvalue weighted by Crippen LogP contribution is 2.39. The normalized spacial score (nSPS) is 11.7. The lowest BCUT2D eigenvalue weighted by molar-refractivity contribution is 0.627. The summed E-state index contributed by atoms with van der Waals surface area (Å²) in [6.45, 7) is 6.16. The van der Waals surface area contributed by atoms with Gasteiger partial charge in [-0.05, 0) is 56.7 Å². The highest BCUT2D eigenvalue weighted by atomic mass is 16.3. The van der Waals surface area contributed by atoms with Crippen LogP contribution in [-0.4, -0.2) is 9.97 Å². The minimum atomic E-state index is 0.674. The molecule has 6 aromatic rings. The number of hydrogen-bond donors (Lipinski definition) is 0. The molecule has 0 aliphatic carbocycles. The maximum Gasteiger partial charge on any atom is 0.227 e. The highest BCUT2D eigenvalue weighted by molar-refractivity contribution is 6.07. The van der Waals surface area contributed by atoms with Crippen LogP contribution in [0.1, 0.15) is 16.8 Å². The van der Waals surface area contributed by atoms with Crippen molar-refractivity contribution in [1.82, 2.24) is 9.97 Å². The second kappa shape index (κ2) is 6.54. The molecule has 4 heterocycles. The number of aromatic nitrogens is 2. The molecule has 0 bridgehead atoms. The molecule has 0 N–H and O–H groups in total. The van der Waals surface area contributed by atoms with Crippen molar-refractivity contribution >= 4 is 33.2 Å². The molecule has 0 saturated heterocycles. The summed E-state index contributed by atoms with van der Waals surface area (Å²) in [5, 5.41) is 2.12. The molecule has 0 aliphatic heterocycles. The summed E-state index contributed by atoms with van der Waals surface area (Å²) in [4.78, 5) is 9.39. The molecule has 4 nitrogen and oxygen atoms in total. The minimum absolute atomic E-state index is 0.674. The van der Waals surface area contributed by atoms with Gasteiger partial charge in [0.05, 0.1) is 5.69 Å². The van der Waals surface area contributed by atoms with Gasteiger partial charge in [-0.2, -0.15) is 0 Å². The zero-order valence-electron chi connectivity index (χ0n) is 17.6. The molecule has 2 aromatic carbocycles. The summed E-state index contributed by atoms with van der Waals surface area (Å²) in [6.07, 6.45) is 0. The number of rotatable bonds is 2. The number of furan rings is 2. The van der Waals surface area contributed by atoms with Crippen LogP contribution in [0.3, 0.4) is 0 Å². The molecule has 0 saturated carbocycles. The molecule has 0 spiro atoms. The Labute approximate surface area is 179 Å². The summed E-state index contributed by atoms with van der Waals surface area (Å²) in [7, 11) is 0. The Hall–Kier alpha value is -3.92. The van der Waals surface area contributed by atoms with Gasteiger partial charge in [-0.3, -0.25) is 0 Å². The van der Waals surface area contributed by atoms with Crippen molar-refractivity contribution in [3.8, 4) is 22.6 Å². The summed E-state index contributed by atoms with van der Waals surface area (Å²) in [5.41, 5.74) is 9.34. The Morgan fingerprint density at radius 3 is 2.42 bits per heavy atom. The largest absolute Gasteiger partial charge is 0.454 e. The third kappa shape index (κ3) is 2.76. The van der Waals surface area contributed by atoms with E-state index in [-0.39, 0.29) is 0 Å². The van der Waals surface area contributed by atoms with Gasteiger partial charge < -0.3 is 8.83 Å². The van der Waals surface area contributed by atoms with Crippen LogP contribution in [0.25, 0.3) is 55.7 Å². The van der Waals surface area contributed by atoms with Crippen molar-refractivity contribution in [2.45, 2.75) is 20.8 Å². The number of fused-ring (bicyclic) bond motifs is 4. The standard InChI is InChI=1S/C27H20N2O2/c1-15-13-20-19-10-9-16(2)28-27(19)31-26(20)17(3)25(15)24-14-22-23(30-24)12-11-21(29-22)18-7-5-4-6-8-18/h4-14H,1-3H3. The first-order valence-corrected chi connectivity index (χ1v) is 10.3. The first-order valence-electron chi connectivity index (χ1n) is 10.3. The molecule has 0 atom stereocenters. The van der Waals surface area contributed by atoms with Crippen LogP contribution in [0.4, 0.5) is 0 Å². The van der Waals surface area contributed by atoms with Gasteiger partial charge in [0, 0.05) is 39.2 Å². The fourth-order valence-electron chi connectivity index (χ4n) is 4.41. The summed E-state index contributed by atoms with van der Waals surface area (Å²) >= 11 is 0. The van der Waals surface area contributed by atoms with Crippen LogP contribution in [0.5, 0.6) is 0 Å². The quantitative estimate of drug-likeness (QED) is 0.302. The Balaban J connectivity index is 1.54.